The Morgan fingerprint density at radius 3 is 2.88 bits per heavy atom. The lowest BCUT2D eigenvalue weighted by molar-refractivity contribution is 0.714. The zero-order valence-corrected chi connectivity index (χ0v) is 4.50. The summed E-state index contributed by atoms with van der Waals surface area (Å²) in [7, 11) is 1.77. The van der Waals surface area contributed by atoms with Gasteiger partial charge in [0.15, 0.2) is 5.69 Å². The van der Waals surface area contributed by atoms with Crippen molar-refractivity contribution < 1.29 is 0 Å². The fraction of sp³-hybridized carbons (Fsp3) is 0.200. The minimum atomic E-state index is 0.576. The molecular formula is C5H5N3. The molecule has 0 radical (unpaired) electrons. The first-order valence-corrected chi connectivity index (χ1v) is 2.16. The van der Waals surface area contributed by atoms with Crippen LogP contribution in [0, 0.1) is 12.3 Å². The topological polar surface area (TPSA) is 30.7 Å². The molecule has 0 amide bonds. The Hall–Kier alpha value is -1.30. The first-order valence-electron chi connectivity index (χ1n) is 2.16. The fourth-order valence-corrected chi connectivity index (χ4v) is 0.413. The number of nitrogens with zero attached hydrogens (tertiary/aromatic N) is 3. The summed E-state index contributed by atoms with van der Waals surface area (Å²) in [6.45, 7) is 0. The molecule has 1 aromatic heterocycles. The quantitative estimate of drug-likeness (QED) is 0.430. The van der Waals surface area contributed by atoms with Crippen molar-refractivity contribution >= 4 is 0 Å². The van der Waals surface area contributed by atoms with Crippen LogP contribution >= 0.6 is 0 Å². The van der Waals surface area contributed by atoms with Crippen molar-refractivity contribution in [3.63, 3.8) is 0 Å². The molecule has 0 aliphatic carbocycles. The van der Waals surface area contributed by atoms with Gasteiger partial charge in [0.1, 0.15) is 0 Å². The van der Waals surface area contributed by atoms with Crippen molar-refractivity contribution in [1.29, 1.82) is 0 Å². The largest absolute Gasteiger partial charge is 0.254 e. The van der Waals surface area contributed by atoms with E-state index >= 15 is 0 Å². The molecule has 3 nitrogen and oxygen atoms in total. The highest BCUT2D eigenvalue weighted by Crippen LogP contribution is 1.83. The van der Waals surface area contributed by atoms with E-state index in [1.165, 1.54) is 0 Å². The zero-order chi connectivity index (χ0) is 5.98. The summed E-state index contributed by atoms with van der Waals surface area (Å²) in [6, 6.07) is 0. The summed E-state index contributed by atoms with van der Waals surface area (Å²) in [5, 5.41) is 7.22. The van der Waals surface area contributed by atoms with E-state index in [0.29, 0.717) is 5.69 Å². The summed E-state index contributed by atoms with van der Waals surface area (Å²) in [5.74, 6) is 2.35. The first kappa shape index (κ1) is 4.85. The Kier molecular flexibility index (Phi) is 1.01. The van der Waals surface area contributed by atoms with Gasteiger partial charge < -0.3 is 0 Å². The average Bonchev–Trinajstić information content (AvgIpc) is 2.14. The molecule has 40 valence electrons. The minimum absolute atomic E-state index is 0.576. The molecule has 0 aromatic carbocycles. The fourth-order valence-electron chi connectivity index (χ4n) is 0.413. The molecular weight excluding hydrogens is 102 g/mol. The number of aromatic nitrogens is 3. The Labute approximate surface area is 47.3 Å². The van der Waals surface area contributed by atoms with Crippen molar-refractivity contribution in [3.8, 4) is 12.3 Å². The second kappa shape index (κ2) is 1.66. The van der Waals surface area contributed by atoms with Crippen molar-refractivity contribution in [3.05, 3.63) is 11.9 Å². The smallest absolute Gasteiger partial charge is 0.155 e. The lowest BCUT2D eigenvalue weighted by Crippen LogP contribution is -1.85. The Morgan fingerprint density at radius 1 is 1.88 bits per heavy atom. The molecule has 0 N–H and O–H groups in total. The number of rotatable bonds is 0. The van der Waals surface area contributed by atoms with Gasteiger partial charge in [-0.1, -0.05) is 5.21 Å². The molecule has 8 heavy (non-hydrogen) atoms. The van der Waals surface area contributed by atoms with Gasteiger partial charge in [-0.15, -0.1) is 11.5 Å². The van der Waals surface area contributed by atoms with E-state index in [1.807, 2.05) is 0 Å². The van der Waals surface area contributed by atoms with Crippen LogP contribution in [0.4, 0.5) is 0 Å². The van der Waals surface area contributed by atoms with Crippen LogP contribution in [-0.4, -0.2) is 15.0 Å². The van der Waals surface area contributed by atoms with Crippen molar-refractivity contribution in [2.75, 3.05) is 0 Å². The van der Waals surface area contributed by atoms with Crippen LogP contribution < -0.4 is 0 Å². The Bertz CT molecular complexity index is 218. The highest BCUT2D eigenvalue weighted by molar-refractivity contribution is 5.18. The molecule has 0 unspecified atom stereocenters. The SMILES string of the molecule is C#Cc1cn(C)nn1. The van der Waals surface area contributed by atoms with Gasteiger partial charge in [-0.05, 0) is 5.92 Å². The third kappa shape index (κ3) is 0.684. The van der Waals surface area contributed by atoms with Gasteiger partial charge in [0.2, 0.25) is 0 Å². The summed E-state index contributed by atoms with van der Waals surface area (Å²) in [6.07, 6.45) is 6.68. The van der Waals surface area contributed by atoms with Crippen molar-refractivity contribution in [2.45, 2.75) is 0 Å². The lowest BCUT2D eigenvalue weighted by Gasteiger charge is -1.74. The number of hydrogen-bond donors (Lipinski definition) is 0. The molecule has 0 saturated heterocycles. The summed E-state index contributed by atoms with van der Waals surface area (Å²) in [5.41, 5.74) is 0.576. The highest BCUT2D eigenvalue weighted by atomic mass is 15.4. The van der Waals surface area contributed by atoms with Gasteiger partial charge in [0.05, 0.1) is 6.20 Å². The monoisotopic (exact) mass is 107 g/mol. The Balaban J connectivity index is 3.05. The molecule has 0 saturated carbocycles. The van der Waals surface area contributed by atoms with Crippen LogP contribution in [0.2, 0.25) is 0 Å². The maximum atomic E-state index is 5.00. The standard InChI is InChI=1S/C5H5N3/c1-3-5-4-8(2)7-6-5/h1,4H,2H3. The molecule has 0 bridgehead atoms. The Morgan fingerprint density at radius 2 is 2.62 bits per heavy atom. The molecule has 1 rings (SSSR count). The molecule has 0 aliphatic heterocycles. The molecule has 1 aromatic rings. The van der Waals surface area contributed by atoms with E-state index in [9.17, 15) is 0 Å². The van der Waals surface area contributed by atoms with Crippen molar-refractivity contribution in [1.82, 2.24) is 15.0 Å². The lowest BCUT2D eigenvalue weighted by atomic mass is 10.5. The maximum Gasteiger partial charge on any atom is 0.155 e. The minimum Gasteiger partial charge on any atom is -0.254 e. The van der Waals surface area contributed by atoms with E-state index in [-0.39, 0.29) is 0 Å². The molecule has 0 atom stereocenters. The van der Waals surface area contributed by atoms with Crippen LogP contribution in [0.5, 0.6) is 0 Å². The van der Waals surface area contributed by atoms with Crippen molar-refractivity contribution in [2.24, 2.45) is 7.05 Å². The number of aryl methyl sites for hydroxylation is 1. The number of terminal acetylenes is 1. The van der Waals surface area contributed by atoms with Gasteiger partial charge in [0, 0.05) is 7.05 Å². The normalized spacial score (nSPS) is 8.50. The van der Waals surface area contributed by atoms with Crippen LogP contribution in [-0.2, 0) is 7.05 Å². The molecule has 3 heteroatoms. The summed E-state index contributed by atoms with van der Waals surface area (Å²) < 4.78 is 1.56. The second-order valence-electron chi connectivity index (χ2n) is 1.42. The highest BCUT2D eigenvalue weighted by Gasteiger charge is 1.87. The first-order chi connectivity index (χ1) is 3.83. The van der Waals surface area contributed by atoms with Gasteiger partial charge in [-0.2, -0.15) is 0 Å². The van der Waals surface area contributed by atoms with E-state index in [0.717, 1.165) is 0 Å². The average molecular weight is 107 g/mol. The van der Waals surface area contributed by atoms with Gasteiger partial charge in [-0.25, -0.2) is 0 Å². The van der Waals surface area contributed by atoms with Gasteiger partial charge in [0.25, 0.3) is 0 Å². The molecule has 0 aliphatic rings. The predicted octanol–water partition coefficient (Wildman–Crippen LogP) is -0.204. The third-order valence-electron chi connectivity index (χ3n) is 0.751. The van der Waals surface area contributed by atoms with Crippen LogP contribution in [0.15, 0.2) is 6.20 Å². The maximum absolute atomic E-state index is 5.00. The predicted molar refractivity (Wildman–Crippen MR) is 28.9 cm³/mol. The van der Waals surface area contributed by atoms with Crippen LogP contribution in [0.1, 0.15) is 5.69 Å². The van der Waals surface area contributed by atoms with Crippen LogP contribution in [0.25, 0.3) is 0 Å². The zero-order valence-electron chi connectivity index (χ0n) is 4.50. The number of hydrogen-bond acceptors (Lipinski definition) is 2. The van der Waals surface area contributed by atoms with E-state index in [1.54, 1.807) is 17.9 Å². The summed E-state index contributed by atoms with van der Waals surface area (Å²) in [4.78, 5) is 0. The summed E-state index contributed by atoms with van der Waals surface area (Å²) >= 11 is 0. The molecule has 0 spiro atoms. The van der Waals surface area contributed by atoms with E-state index in [4.69, 9.17) is 6.42 Å². The van der Waals surface area contributed by atoms with Gasteiger partial charge in [-0.3, -0.25) is 4.68 Å². The van der Waals surface area contributed by atoms with Crippen LogP contribution in [0.3, 0.4) is 0 Å². The molecule has 1 heterocycles. The van der Waals surface area contributed by atoms with E-state index < -0.39 is 0 Å². The third-order valence-corrected chi connectivity index (χ3v) is 0.751. The van der Waals surface area contributed by atoms with Gasteiger partial charge >= 0.3 is 0 Å². The second-order valence-corrected chi connectivity index (χ2v) is 1.42. The van der Waals surface area contributed by atoms with E-state index in [2.05, 4.69) is 16.2 Å². The molecule has 0 fully saturated rings.